The van der Waals surface area contributed by atoms with E-state index in [0.29, 0.717) is 18.4 Å². The van der Waals surface area contributed by atoms with E-state index in [1.54, 1.807) is 12.1 Å². The first-order valence-electron chi connectivity index (χ1n) is 11.8. The lowest BCUT2D eigenvalue weighted by atomic mass is 9.84. The topological polar surface area (TPSA) is 35.6 Å². The zero-order chi connectivity index (χ0) is 20.8. The molecule has 0 spiro atoms. The molecule has 4 rings (SSSR count). The van der Waals surface area contributed by atoms with Crippen molar-refractivity contribution in [2.24, 2.45) is 11.8 Å². The molecule has 4 nitrogen and oxygen atoms in total. The van der Waals surface area contributed by atoms with Crippen LogP contribution in [0.3, 0.4) is 0 Å². The molecule has 1 saturated carbocycles. The van der Waals surface area contributed by atoms with Gasteiger partial charge in [0, 0.05) is 44.3 Å². The van der Waals surface area contributed by atoms with E-state index >= 15 is 0 Å². The van der Waals surface area contributed by atoms with Gasteiger partial charge in [-0.15, -0.1) is 0 Å². The lowest BCUT2D eigenvalue weighted by Gasteiger charge is -2.37. The van der Waals surface area contributed by atoms with Gasteiger partial charge in [-0.1, -0.05) is 18.2 Å². The van der Waals surface area contributed by atoms with Crippen molar-refractivity contribution in [3.8, 4) is 0 Å². The second-order valence-electron chi connectivity index (χ2n) is 9.35. The zero-order valence-corrected chi connectivity index (χ0v) is 18.1. The number of hydrogen-bond acceptors (Lipinski definition) is 3. The highest BCUT2D eigenvalue weighted by atomic mass is 19.1. The van der Waals surface area contributed by atoms with Crippen LogP contribution < -0.4 is 10.2 Å². The first-order valence-corrected chi connectivity index (χ1v) is 11.8. The minimum Gasteiger partial charge on any atom is -0.369 e. The minimum atomic E-state index is -0.155. The molecule has 1 saturated heterocycles. The number of nitrogens with zero attached hydrogens (tertiary/aromatic N) is 2. The van der Waals surface area contributed by atoms with E-state index < -0.39 is 0 Å². The molecule has 1 aromatic carbocycles. The molecule has 3 aliphatic rings. The van der Waals surface area contributed by atoms with E-state index in [-0.39, 0.29) is 11.7 Å². The van der Waals surface area contributed by atoms with Crippen molar-refractivity contribution in [1.82, 2.24) is 10.2 Å². The number of allylic oxidation sites excluding steroid dienone is 2. The second kappa shape index (κ2) is 10.4. The number of nitrogens with one attached hydrogen (secondary N) is 1. The molecule has 1 heterocycles. The molecule has 1 unspecified atom stereocenters. The summed E-state index contributed by atoms with van der Waals surface area (Å²) in [7, 11) is 0. The lowest BCUT2D eigenvalue weighted by Crippen LogP contribution is -2.47. The van der Waals surface area contributed by atoms with Gasteiger partial charge in [-0.05, 0) is 81.5 Å². The third kappa shape index (κ3) is 6.07. The molecule has 1 aromatic rings. The van der Waals surface area contributed by atoms with Crippen molar-refractivity contribution in [2.45, 2.75) is 57.4 Å². The van der Waals surface area contributed by atoms with E-state index in [2.05, 4.69) is 27.3 Å². The molecule has 1 amide bonds. The number of anilines is 1. The van der Waals surface area contributed by atoms with Crippen LogP contribution in [0.5, 0.6) is 0 Å². The van der Waals surface area contributed by atoms with Gasteiger partial charge in [-0.25, -0.2) is 4.39 Å². The number of halogens is 1. The fourth-order valence-corrected chi connectivity index (χ4v) is 5.25. The maximum absolute atomic E-state index is 13.5. The Morgan fingerprint density at radius 1 is 1.07 bits per heavy atom. The van der Waals surface area contributed by atoms with Gasteiger partial charge in [0.25, 0.3) is 0 Å². The predicted molar refractivity (Wildman–Crippen MR) is 120 cm³/mol. The van der Waals surface area contributed by atoms with E-state index in [1.165, 1.54) is 25.3 Å². The number of carbonyl (C=O) groups is 1. The van der Waals surface area contributed by atoms with E-state index in [9.17, 15) is 9.18 Å². The van der Waals surface area contributed by atoms with Crippen molar-refractivity contribution < 1.29 is 9.18 Å². The molecule has 0 aromatic heterocycles. The Balaban J connectivity index is 1.10. The third-order valence-corrected chi connectivity index (χ3v) is 7.17. The van der Waals surface area contributed by atoms with Crippen molar-refractivity contribution in [3.05, 3.63) is 42.2 Å². The van der Waals surface area contributed by atoms with Crippen molar-refractivity contribution in [2.75, 3.05) is 37.6 Å². The largest absolute Gasteiger partial charge is 0.369 e. The third-order valence-electron chi connectivity index (χ3n) is 7.17. The maximum Gasteiger partial charge on any atom is 0.220 e. The molecule has 1 N–H and O–H groups in total. The minimum absolute atomic E-state index is 0.155. The van der Waals surface area contributed by atoms with Crippen LogP contribution in [0.2, 0.25) is 0 Å². The fraction of sp³-hybridized carbons (Fsp3) is 0.640. The van der Waals surface area contributed by atoms with Gasteiger partial charge in [-0.2, -0.15) is 0 Å². The standard InChI is InChI=1S/C25H36FN3O/c26-22-6-3-7-24(19-22)29-16-14-28(15-17-29)13-12-20-8-10-23(11-9-20)27-25(30)18-21-4-1-2-5-21/h1,3-4,6-7,19-21,23H,2,5,8-18H2,(H,27,30)/t20-,21?,23-. The summed E-state index contributed by atoms with van der Waals surface area (Å²) < 4.78 is 13.5. The van der Waals surface area contributed by atoms with Crippen LogP contribution in [0, 0.1) is 17.7 Å². The van der Waals surface area contributed by atoms with E-state index in [0.717, 1.165) is 70.0 Å². The molecule has 5 heteroatoms. The number of carbonyl (C=O) groups excluding carboxylic acids is 1. The van der Waals surface area contributed by atoms with E-state index in [1.807, 2.05) is 6.07 Å². The molecular weight excluding hydrogens is 377 g/mol. The van der Waals surface area contributed by atoms with Crippen LogP contribution in [-0.2, 0) is 4.79 Å². The van der Waals surface area contributed by atoms with Crippen molar-refractivity contribution in [3.63, 3.8) is 0 Å². The van der Waals surface area contributed by atoms with Crippen LogP contribution in [-0.4, -0.2) is 49.6 Å². The van der Waals surface area contributed by atoms with Gasteiger partial charge < -0.3 is 10.2 Å². The highest BCUT2D eigenvalue weighted by Gasteiger charge is 2.25. The lowest BCUT2D eigenvalue weighted by molar-refractivity contribution is -0.122. The highest BCUT2D eigenvalue weighted by molar-refractivity contribution is 5.76. The Morgan fingerprint density at radius 2 is 1.87 bits per heavy atom. The smallest absolute Gasteiger partial charge is 0.220 e. The van der Waals surface area contributed by atoms with Crippen LogP contribution in [0.25, 0.3) is 0 Å². The summed E-state index contributed by atoms with van der Waals surface area (Å²) in [5, 5.41) is 3.28. The molecule has 1 aliphatic heterocycles. The summed E-state index contributed by atoms with van der Waals surface area (Å²) in [5.74, 6) is 1.34. The van der Waals surface area contributed by atoms with Crippen LogP contribution in [0.15, 0.2) is 36.4 Å². The Morgan fingerprint density at radius 3 is 2.57 bits per heavy atom. The van der Waals surface area contributed by atoms with Gasteiger partial charge >= 0.3 is 0 Å². The van der Waals surface area contributed by atoms with E-state index in [4.69, 9.17) is 0 Å². The Hall–Kier alpha value is -1.88. The quantitative estimate of drug-likeness (QED) is 0.675. The molecule has 0 radical (unpaired) electrons. The number of amides is 1. The first-order chi connectivity index (χ1) is 14.7. The zero-order valence-electron chi connectivity index (χ0n) is 18.1. The van der Waals surface area contributed by atoms with Gasteiger partial charge in [0.1, 0.15) is 5.82 Å². The summed E-state index contributed by atoms with van der Waals surface area (Å²) in [5.41, 5.74) is 0.999. The molecule has 0 bridgehead atoms. The highest BCUT2D eigenvalue weighted by Crippen LogP contribution is 2.28. The Bertz CT molecular complexity index is 721. The number of rotatable bonds is 7. The number of benzene rings is 1. The molecule has 2 fully saturated rings. The molecule has 1 atom stereocenters. The molecule has 30 heavy (non-hydrogen) atoms. The summed E-state index contributed by atoms with van der Waals surface area (Å²) >= 11 is 0. The molecule has 164 valence electrons. The maximum atomic E-state index is 13.5. The summed E-state index contributed by atoms with van der Waals surface area (Å²) in [6.45, 7) is 5.21. The van der Waals surface area contributed by atoms with Gasteiger partial charge in [0.05, 0.1) is 0 Å². The SMILES string of the molecule is O=C(CC1C=CCC1)N[C@H]1CC[C@H](CCN2CCN(c3cccc(F)c3)CC2)CC1. The number of piperazine rings is 1. The van der Waals surface area contributed by atoms with Crippen LogP contribution >= 0.6 is 0 Å². The van der Waals surface area contributed by atoms with Crippen LogP contribution in [0.4, 0.5) is 10.1 Å². The Kier molecular flexibility index (Phi) is 7.42. The van der Waals surface area contributed by atoms with Gasteiger partial charge in [0.15, 0.2) is 0 Å². The normalized spacial score (nSPS) is 27.4. The first kappa shape index (κ1) is 21.4. The second-order valence-corrected chi connectivity index (χ2v) is 9.35. The van der Waals surface area contributed by atoms with Gasteiger partial charge in [0.2, 0.25) is 5.91 Å². The van der Waals surface area contributed by atoms with Crippen molar-refractivity contribution >= 4 is 11.6 Å². The Labute approximate surface area is 180 Å². The number of hydrogen-bond donors (Lipinski definition) is 1. The fourth-order valence-electron chi connectivity index (χ4n) is 5.25. The van der Waals surface area contributed by atoms with Crippen molar-refractivity contribution in [1.29, 1.82) is 0 Å². The predicted octanol–water partition coefficient (Wildman–Crippen LogP) is 4.37. The molecular formula is C25H36FN3O. The van der Waals surface area contributed by atoms with Gasteiger partial charge in [-0.3, -0.25) is 9.69 Å². The summed E-state index contributed by atoms with van der Waals surface area (Å²) in [6.07, 6.45) is 13.3. The average molecular weight is 414 g/mol. The van der Waals surface area contributed by atoms with Crippen LogP contribution in [0.1, 0.15) is 51.4 Å². The summed E-state index contributed by atoms with van der Waals surface area (Å²) in [4.78, 5) is 17.1. The molecule has 2 aliphatic carbocycles. The summed E-state index contributed by atoms with van der Waals surface area (Å²) in [6, 6.07) is 7.32. The average Bonchev–Trinajstić information content (AvgIpc) is 3.26. The monoisotopic (exact) mass is 413 g/mol.